The third-order valence-electron chi connectivity index (χ3n) is 2.95. The van der Waals surface area contributed by atoms with Crippen molar-refractivity contribution in [2.75, 3.05) is 5.32 Å². The summed E-state index contributed by atoms with van der Waals surface area (Å²) in [4.78, 5) is 16.5. The van der Waals surface area contributed by atoms with E-state index in [9.17, 15) is 4.79 Å². The average molecular weight is 267 g/mol. The van der Waals surface area contributed by atoms with Gasteiger partial charge in [-0.05, 0) is 31.2 Å². The minimum Gasteiger partial charge on any atom is -0.320 e. The molecule has 1 N–H and O–H groups in total. The summed E-state index contributed by atoms with van der Waals surface area (Å²) < 4.78 is 1.49. The number of rotatable bonds is 2. The second kappa shape index (κ2) is 4.73. The molecule has 2 aromatic heterocycles. The SMILES string of the molecule is Cc1ccc2c(NC(=O)c3cn(C)nn3)cccc2n1. The van der Waals surface area contributed by atoms with E-state index in [4.69, 9.17) is 0 Å². The van der Waals surface area contributed by atoms with E-state index in [-0.39, 0.29) is 11.6 Å². The van der Waals surface area contributed by atoms with Crippen molar-refractivity contribution in [3.8, 4) is 0 Å². The van der Waals surface area contributed by atoms with Crippen LogP contribution in [0, 0.1) is 6.92 Å². The lowest BCUT2D eigenvalue weighted by Gasteiger charge is -2.07. The van der Waals surface area contributed by atoms with Crippen molar-refractivity contribution in [3.63, 3.8) is 0 Å². The van der Waals surface area contributed by atoms with Gasteiger partial charge in [0.05, 0.1) is 17.4 Å². The van der Waals surface area contributed by atoms with Gasteiger partial charge in [0.25, 0.3) is 5.91 Å². The van der Waals surface area contributed by atoms with Crippen LogP contribution in [0.1, 0.15) is 16.2 Å². The summed E-state index contributed by atoms with van der Waals surface area (Å²) in [6, 6.07) is 9.49. The topological polar surface area (TPSA) is 72.7 Å². The molecule has 1 aromatic carbocycles. The number of amides is 1. The molecule has 0 radical (unpaired) electrons. The Hall–Kier alpha value is -2.76. The van der Waals surface area contributed by atoms with E-state index in [0.29, 0.717) is 5.69 Å². The first-order chi connectivity index (χ1) is 9.63. The number of nitrogens with one attached hydrogen (secondary N) is 1. The predicted octanol–water partition coefficient (Wildman–Crippen LogP) is 1.92. The number of anilines is 1. The van der Waals surface area contributed by atoms with Gasteiger partial charge < -0.3 is 5.32 Å². The highest BCUT2D eigenvalue weighted by Gasteiger charge is 2.11. The van der Waals surface area contributed by atoms with Crippen molar-refractivity contribution in [3.05, 3.63) is 47.9 Å². The summed E-state index contributed by atoms with van der Waals surface area (Å²) in [6.07, 6.45) is 1.57. The van der Waals surface area contributed by atoms with Crippen molar-refractivity contribution < 1.29 is 4.79 Å². The maximum Gasteiger partial charge on any atom is 0.277 e. The molecule has 2 heterocycles. The fourth-order valence-corrected chi connectivity index (χ4v) is 2.00. The van der Waals surface area contributed by atoms with Crippen LogP contribution in [-0.2, 0) is 7.05 Å². The van der Waals surface area contributed by atoms with Gasteiger partial charge in [0.1, 0.15) is 0 Å². The molecular weight excluding hydrogens is 254 g/mol. The Kier molecular flexibility index (Phi) is 2.90. The van der Waals surface area contributed by atoms with Gasteiger partial charge in [-0.25, -0.2) is 0 Å². The van der Waals surface area contributed by atoms with Crippen LogP contribution in [0.4, 0.5) is 5.69 Å². The van der Waals surface area contributed by atoms with E-state index in [0.717, 1.165) is 16.6 Å². The monoisotopic (exact) mass is 267 g/mol. The zero-order valence-electron chi connectivity index (χ0n) is 11.2. The molecule has 0 atom stereocenters. The van der Waals surface area contributed by atoms with Crippen LogP contribution in [0.25, 0.3) is 10.9 Å². The van der Waals surface area contributed by atoms with Crippen LogP contribution in [0.2, 0.25) is 0 Å². The first-order valence-corrected chi connectivity index (χ1v) is 6.17. The van der Waals surface area contributed by atoms with Gasteiger partial charge in [0, 0.05) is 18.1 Å². The van der Waals surface area contributed by atoms with Gasteiger partial charge in [-0.15, -0.1) is 5.10 Å². The number of benzene rings is 1. The fourth-order valence-electron chi connectivity index (χ4n) is 2.00. The van der Waals surface area contributed by atoms with E-state index in [1.807, 2.05) is 37.3 Å². The summed E-state index contributed by atoms with van der Waals surface area (Å²) in [7, 11) is 1.72. The number of pyridine rings is 1. The van der Waals surface area contributed by atoms with Crippen molar-refractivity contribution >= 4 is 22.5 Å². The van der Waals surface area contributed by atoms with Gasteiger partial charge >= 0.3 is 0 Å². The summed E-state index contributed by atoms with van der Waals surface area (Å²) >= 11 is 0. The third-order valence-corrected chi connectivity index (χ3v) is 2.95. The minimum absolute atomic E-state index is 0.282. The average Bonchev–Trinajstić information content (AvgIpc) is 2.85. The predicted molar refractivity (Wildman–Crippen MR) is 75.4 cm³/mol. The number of carbonyl (C=O) groups excluding carboxylic acids is 1. The number of hydrogen-bond donors (Lipinski definition) is 1. The number of aromatic nitrogens is 4. The van der Waals surface area contributed by atoms with Crippen LogP contribution in [0.3, 0.4) is 0 Å². The highest BCUT2D eigenvalue weighted by atomic mass is 16.2. The zero-order chi connectivity index (χ0) is 14.1. The van der Waals surface area contributed by atoms with Crippen LogP contribution in [0.15, 0.2) is 36.5 Å². The standard InChI is InChI=1S/C14H13N5O/c1-9-6-7-10-11(15-9)4-3-5-12(10)16-14(20)13-8-19(2)18-17-13/h3-8H,1-2H3,(H,16,20). The Balaban J connectivity index is 1.97. The summed E-state index contributed by atoms with van der Waals surface area (Å²) in [5, 5.41) is 11.3. The number of carbonyl (C=O) groups is 1. The molecule has 0 spiro atoms. The summed E-state index contributed by atoms with van der Waals surface area (Å²) in [6.45, 7) is 1.93. The van der Waals surface area contributed by atoms with Gasteiger partial charge in [0.2, 0.25) is 0 Å². The number of fused-ring (bicyclic) bond motifs is 1. The van der Waals surface area contributed by atoms with Crippen molar-refractivity contribution in [2.45, 2.75) is 6.92 Å². The Bertz CT molecular complexity index is 793. The maximum atomic E-state index is 12.1. The van der Waals surface area contributed by atoms with Gasteiger partial charge in [-0.2, -0.15) is 0 Å². The number of hydrogen-bond acceptors (Lipinski definition) is 4. The van der Waals surface area contributed by atoms with Crippen LogP contribution in [0.5, 0.6) is 0 Å². The molecule has 100 valence electrons. The van der Waals surface area contributed by atoms with Gasteiger partial charge in [-0.3, -0.25) is 14.5 Å². The molecule has 0 saturated heterocycles. The molecule has 3 aromatic rings. The summed E-state index contributed by atoms with van der Waals surface area (Å²) in [5.74, 6) is -0.286. The van der Waals surface area contributed by atoms with Crippen LogP contribution < -0.4 is 5.32 Å². The Morgan fingerprint density at radius 2 is 2.10 bits per heavy atom. The molecule has 0 unspecified atom stereocenters. The molecular formula is C14H13N5O. The van der Waals surface area contributed by atoms with E-state index in [1.165, 1.54) is 4.68 Å². The first-order valence-electron chi connectivity index (χ1n) is 6.17. The molecule has 0 fully saturated rings. The molecule has 3 rings (SSSR count). The number of nitrogens with zero attached hydrogens (tertiary/aromatic N) is 4. The van der Waals surface area contributed by atoms with E-state index in [1.54, 1.807) is 13.2 Å². The molecule has 6 nitrogen and oxygen atoms in total. The lowest BCUT2D eigenvalue weighted by molar-refractivity contribution is 0.102. The second-order valence-corrected chi connectivity index (χ2v) is 4.56. The maximum absolute atomic E-state index is 12.1. The third kappa shape index (κ3) is 2.23. The summed E-state index contributed by atoms with van der Waals surface area (Å²) in [5.41, 5.74) is 2.78. The molecule has 0 bridgehead atoms. The zero-order valence-corrected chi connectivity index (χ0v) is 11.2. The smallest absolute Gasteiger partial charge is 0.277 e. The van der Waals surface area contributed by atoms with Crippen LogP contribution >= 0.6 is 0 Å². The normalized spacial score (nSPS) is 10.7. The lowest BCUT2D eigenvalue weighted by atomic mass is 10.1. The molecule has 0 saturated carbocycles. The van der Waals surface area contributed by atoms with Gasteiger partial charge in [0.15, 0.2) is 5.69 Å². The van der Waals surface area contributed by atoms with E-state index >= 15 is 0 Å². The molecule has 0 aliphatic rings. The number of aryl methyl sites for hydroxylation is 2. The Morgan fingerprint density at radius 3 is 2.85 bits per heavy atom. The second-order valence-electron chi connectivity index (χ2n) is 4.56. The fraction of sp³-hybridized carbons (Fsp3) is 0.143. The Labute approximate surface area is 115 Å². The van der Waals surface area contributed by atoms with Crippen molar-refractivity contribution in [2.24, 2.45) is 7.05 Å². The quantitative estimate of drug-likeness (QED) is 0.770. The van der Waals surface area contributed by atoms with E-state index < -0.39 is 0 Å². The highest BCUT2D eigenvalue weighted by molar-refractivity contribution is 6.07. The molecule has 6 heteroatoms. The Morgan fingerprint density at radius 1 is 1.25 bits per heavy atom. The molecule has 0 aliphatic heterocycles. The minimum atomic E-state index is -0.286. The lowest BCUT2D eigenvalue weighted by Crippen LogP contribution is -2.12. The van der Waals surface area contributed by atoms with E-state index in [2.05, 4.69) is 20.6 Å². The van der Waals surface area contributed by atoms with Crippen molar-refractivity contribution in [1.29, 1.82) is 0 Å². The highest BCUT2D eigenvalue weighted by Crippen LogP contribution is 2.22. The van der Waals surface area contributed by atoms with Crippen molar-refractivity contribution in [1.82, 2.24) is 20.0 Å². The largest absolute Gasteiger partial charge is 0.320 e. The van der Waals surface area contributed by atoms with Gasteiger partial charge in [-0.1, -0.05) is 11.3 Å². The molecule has 0 aliphatic carbocycles. The molecule has 1 amide bonds. The molecule has 20 heavy (non-hydrogen) atoms. The van der Waals surface area contributed by atoms with Crippen LogP contribution in [-0.4, -0.2) is 25.9 Å². The first kappa shape index (κ1) is 12.3.